The predicted molar refractivity (Wildman–Crippen MR) is 125 cm³/mol. The second-order valence-electron chi connectivity index (χ2n) is 7.84. The molecule has 2 aromatic carbocycles. The molecule has 10 heteroatoms. The molecule has 0 aliphatic rings. The van der Waals surface area contributed by atoms with Gasteiger partial charge in [-0.05, 0) is 50.2 Å². The second kappa shape index (κ2) is 10.5. The minimum absolute atomic E-state index is 0.0688. The molecule has 0 aliphatic carbocycles. The molecule has 0 saturated carbocycles. The molecular formula is C24H24ClN5O4. The molecule has 0 aliphatic heterocycles. The van der Waals surface area contributed by atoms with Gasteiger partial charge in [-0.3, -0.25) is 4.79 Å². The molecule has 0 fully saturated rings. The minimum Gasteiger partial charge on any atom is -0.497 e. The second-order valence-corrected chi connectivity index (χ2v) is 8.24. The first kappa shape index (κ1) is 23.4. The molecule has 0 atom stereocenters. The van der Waals surface area contributed by atoms with Crippen molar-refractivity contribution in [2.24, 2.45) is 0 Å². The van der Waals surface area contributed by atoms with Gasteiger partial charge in [0.05, 0.1) is 24.2 Å². The summed E-state index contributed by atoms with van der Waals surface area (Å²) in [6, 6.07) is 14.5. The highest BCUT2D eigenvalue weighted by molar-refractivity contribution is 6.33. The summed E-state index contributed by atoms with van der Waals surface area (Å²) in [6.45, 7) is 4.05. The van der Waals surface area contributed by atoms with E-state index in [1.54, 1.807) is 24.1 Å². The number of hydrogen-bond acceptors (Lipinski definition) is 8. The number of nitrogens with zero attached hydrogens (tertiary/aromatic N) is 5. The summed E-state index contributed by atoms with van der Waals surface area (Å²) in [6.07, 6.45) is 0.522. The van der Waals surface area contributed by atoms with Crippen LogP contribution < -0.4 is 4.74 Å². The highest BCUT2D eigenvalue weighted by Crippen LogP contribution is 2.27. The number of amides is 1. The van der Waals surface area contributed by atoms with Crippen LogP contribution in [-0.2, 0) is 17.8 Å². The van der Waals surface area contributed by atoms with E-state index in [2.05, 4.69) is 20.3 Å². The number of carbonyl (C=O) groups excluding carboxylic acids is 1. The van der Waals surface area contributed by atoms with E-state index in [0.717, 1.165) is 11.3 Å². The van der Waals surface area contributed by atoms with Crippen LogP contribution in [0.25, 0.3) is 22.8 Å². The standard InChI is InChI=1S/C24H24ClN5O4/c1-15(2)30(14-21-27-28-24(33-21)18-6-4-5-7-19(18)25)22(31)13-12-20-26-23(29-34-20)16-8-10-17(32-3)11-9-16/h4-11,15H,12-14H2,1-3H3. The maximum atomic E-state index is 13.0. The monoisotopic (exact) mass is 481 g/mol. The lowest BCUT2D eigenvalue weighted by Crippen LogP contribution is -2.36. The first-order valence-corrected chi connectivity index (χ1v) is 11.2. The molecule has 0 spiro atoms. The fourth-order valence-electron chi connectivity index (χ4n) is 3.34. The van der Waals surface area contributed by atoms with Crippen LogP contribution in [0.2, 0.25) is 5.02 Å². The summed E-state index contributed by atoms with van der Waals surface area (Å²) in [5.41, 5.74) is 1.45. The van der Waals surface area contributed by atoms with Crippen LogP contribution in [0.5, 0.6) is 5.75 Å². The highest BCUT2D eigenvalue weighted by atomic mass is 35.5. The zero-order valence-corrected chi connectivity index (χ0v) is 19.8. The van der Waals surface area contributed by atoms with Crippen molar-refractivity contribution in [3.8, 4) is 28.6 Å². The van der Waals surface area contributed by atoms with Gasteiger partial charge in [0.2, 0.25) is 29.4 Å². The Labute approximate surface area is 201 Å². The fourth-order valence-corrected chi connectivity index (χ4v) is 3.55. The number of hydrogen-bond donors (Lipinski definition) is 0. The fraction of sp³-hybridized carbons (Fsp3) is 0.292. The summed E-state index contributed by atoms with van der Waals surface area (Å²) in [7, 11) is 1.61. The van der Waals surface area contributed by atoms with Gasteiger partial charge in [-0.2, -0.15) is 4.98 Å². The van der Waals surface area contributed by atoms with E-state index < -0.39 is 0 Å². The summed E-state index contributed by atoms with van der Waals surface area (Å²) in [5.74, 6) is 2.15. The quantitative estimate of drug-likeness (QED) is 0.335. The SMILES string of the molecule is COc1ccc(-c2noc(CCC(=O)N(Cc3nnc(-c4ccccc4Cl)o3)C(C)C)n2)cc1. The van der Waals surface area contributed by atoms with E-state index in [-0.39, 0.29) is 24.9 Å². The number of halogens is 1. The van der Waals surface area contributed by atoms with Crippen molar-refractivity contribution in [1.82, 2.24) is 25.2 Å². The smallest absolute Gasteiger partial charge is 0.249 e. The number of rotatable bonds is 9. The van der Waals surface area contributed by atoms with Crippen LogP contribution in [0.3, 0.4) is 0 Å². The average Bonchev–Trinajstić information content (AvgIpc) is 3.51. The lowest BCUT2D eigenvalue weighted by molar-refractivity contribution is -0.134. The number of benzene rings is 2. The maximum Gasteiger partial charge on any atom is 0.249 e. The molecular weight excluding hydrogens is 458 g/mol. The van der Waals surface area contributed by atoms with Gasteiger partial charge in [0, 0.05) is 24.4 Å². The molecule has 0 radical (unpaired) electrons. The van der Waals surface area contributed by atoms with E-state index in [1.165, 1.54) is 0 Å². The Morgan fingerprint density at radius 1 is 1.09 bits per heavy atom. The highest BCUT2D eigenvalue weighted by Gasteiger charge is 2.22. The van der Waals surface area contributed by atoms with Crippen LogP contribution >= 0.6 is 11.6 Å². The van der Waals surface area contributed by atoms with Gasteiger partial charge in [-0.1, -0.05) is 28.9 Å². The Morgan fingerprint density at radius 3 is 2.56 bits per heavy atom. The summed E-state index contributed by atoms with van der Waals surface area (Å²) in [4.78, 5) is 19.0. The maximum absolute atomic E-state index is 13.0. The van der Waals surface area contributed by atoms with E-state index >= 15 is 0 Å². The van der Waals surface area contributed by atoms with Crippen LogP contribution in [0, 0.1) is 0 Å². The van der Waals surface area contributed by atoms with E-state index in [1.807, 2.05) is 50.2 Å². The number of methoxy groups -OCH3 is 1. The van der Waals surface area contributed by atoms with E-state index in [9.17, 15) is 4.79 Å². The van der Waals surface area contributed by atoms with Crippen molar-refractivity contribution in [3.05, 3.63) is 65.3 Å². The van der Waals surface area contributed by atoms with Crippen molar-refractivity contribution in [2.75, 3.05) is 7.11 Å². The topological polar surface area (TPSA) is 107 Å². The lowest BCUT2D eigenvalue weighted by Gasteiger charge is -2.25. The Balaban J connectivity index is 1.38. The Kier molecular flexibility index (Phi) is 7.22. The molecule has 1 amide bonds. The van der Waals surface area contributed by atoms with Crippen molar-refractivity contribution < 1.29 is 18.5 Å². The molecule has 9 nitrogen and oxygen atoms in total. The van der Waals surface area contributed by atoms with Crippen molar-refractivity contribution in [1.29, 1.82) is 0 Å². The van der Waals surface area contributed by atoms with Gasteiger partial charge in [0.1, 0.15) is 5.75 Å². The normalized spacial score (nSPS) is 11.1. The van der Waals surface area contributed by atoms with Crippen LogP contribution in [-0.4, -0.2) is 44.3 Å². The van der Waals surface area contributed by atoms with Gasteiger partial charge < -0.3 is 18.6 Å². The number of aromatic nitrogens is 4. The Morgan fingerprint density at radius 2 is 1.85 bits per heavy atom. The van der Waals surface area contributed by atoms with Crippen LogP contribution in [0.15, 0.2) is 57.5 Å². The van der Waals surface area contributed by atoms with Gasteiger partial charge in [-0.15, -0.1) is 10.2 Å². The molecule has 4 rings (SSSR count). The molecule has 0 bridgehead atoms. The average molecular weight is 482 g/mol. The Bertz CT molecular complexity index is 1250. The van der Waals surface area contributed by atoms with Gasteiger partial charge >= 0.3 is 0 Å². The third-order valence-corrected chi connectivity index (χ3v) is 5.52. The molecule has 4 aromatic rings. The third-order valence-electron chi connectivity index (χ3n) is 5.19. The van der Waals surface area contributed by atoms with Gasteiger partial charge in [0.25, 0.3) is 0 Å². The first-order chi connectivity index (χ1) is 16.4. The van der Waals surface area contributed by atoms with Crippen LogP contribution in [0.1, 0.15) is 32.0 Å². The van der Waals surface area contributed by atoms with Crippen molar-refractivity contribution in [3.63, 3.8) is 0 Å². The largest absolute Gasteiger partial charge is 0.497 e. The minimum atomic E-state index is -0.0864. The zero-order chi connectivity index (χ0) is 24.1. The predicted octanol–water partition coefficient (Wildman–Crippen LogP) is 4.82. The van der Waals surface area contributed by atoms with Crippen molar-refractivity contribution in [2.45, 2.75) is 39.3 Å². The van der Waals surface area contributed by atoms with Gasteiger partial charge in [-0.25, -0.2) is 0 Å². The molecule has 2 heterocycles. The summed E-state index contributed by atoms with van der Waals surface area (Å²) < 4.78 is 16.3. The number of aryl methyl sites for hydroxylation is 1. The molecule has 34 heavy (non-hydrogen) atoms. The van der Waals surface area contributed by atoms with E-state index in [4.69, 9.17) is 25.3 Å². The third kappa shape index (κ3) is 5.43. The number of carbonyl (C=O) groups is 1. The van der Waals surface area contributed by atoms with E-state index in [0.29, 0.717) is 40.5 Å². The molecule has 0 unspecified atom stereocenters. The van der Waals surface area contributed by atoms with Crippen LogP contribution in [0.4, 0.5) is 0 Å². The van der Waals surface area contributed by atoms with Crippen molar-refractivity contribution >= 4 is 17.5 Å². The summed E-state index contributed by atoms with van der Waals surface area (Å²) >= 11 is 6.21. The lowest BCUT2D eigenvalue weighted by atomic mass is 10.2. The van der Waals surface area contributed by atoms with Gasteiger partial charge in [0.15, 0.2) is 0 Å². The first-order valence-electron chi connectivity index (χ1n) is 10.8. The zero-order valence-electron chi connectivity index (χ0n) is 19.1. The summed E-state index contributed by atoms with van der Waals surface area (Å²) in [5, 5.41) is 12.7. The molecule has 0 N–H and O–H groups in total. The number of ether oxygens (including phenoxy) is 1. The molecule has 176 valence electrons. The molecule has 0 saturated heterocycles. The Hall–Kier alpha value is -3.72. The molecule has 2 aromatic heterocycles.